The molecule has 3 rings (SSSR count). The van der Waals surface area contributed by atoms with Crippen LogP contribution in [0.5, 0.6) is 5.75 Å². The molecule has 0 amide bonds. The number of nitro benzene ring substituents is 1. The second kappa shape index (κ2) is 9.17. The number of nitrogens with one attached hydrogen (secondary N) is 1. The fraction of sp³-hybridized carbons (Fsp3) is 0.350. The maximum absolute atomic E-state index is 11.4. The molecular formula is C20H22N4O4. The molecule has 0 aromatic heterocycles. The van der Waals surface area contributed by atoms with Gasteiger partial charge in [-0.2, -0.15) is 5.26 Å². The average Bonchev–Trinajstić information content (AvgIpc) is 2.75. The summed E-state index contributed by atoms with van der Waals surface area (Å²) in [7, 11) is 1.63. The lowest BCUT2D eigenvalue weighted by Gasteiger charge is -2.35. The van der Waals surface area contributed by atoms with E-state index in [0.29, 0.717) is 25.4 Å². The monoisotopic (exact) mass is 382 g/mol. The number of nitriles is 1. The van der Waals surface area contributed by atoms with E-state index in [1.807, 2.05) is 30.3 Å². The molecule has 1 N–H and O–H groups in total. The minimum absolute atomic E-state index is 0.0186. The van der Waals surface area contributed by atoms with E-state index in [9.17, 15) is 10.1 Å². The van der Waals surface area contributed by atoms with Crippen molar-refractivity contribution in [1.82, 2.24) is 4.90 Å². The summed E-state index contributed by atoms with van der Waals surface area (Å²) in [5, 5.41) is 23.6. The Balaban J connectivity index is 1.83. The third kappa shape index (κ3) is 4.57. The van der Waals surface area contributed by atoms with Crippen molar-refractivity contribution in [3.63, 3.8) is 0 Å². The summed E-state index contributed by atoms with van der Waals surface area (Å²) >= 11 is 0. The number of nitro groups is 1. The molecule has 1 saturated heterocycles. The third-order valence-electron chi connectivity index (χ3n) is 4.80. The van der Waals surface area contributed by atoms with Gasteiger partial charge in [-0.05, 0) is 29.8 Å². The first kappa shape index (κ1) is 19.6. The first-order valence-electron chi connectivity index (χ1n) is 9.00. The first-order chi connectivity index (χ1) is 13.6. The molecule has 1 aliphatic heterocycles. The standard InChI is InChI=1S/C20H22N4O4/c1-27-17-5-3-16(4-6-17)20(23-8-10-28-11-9-23)14-22-18-7-2-15(13-21)12-19(18)24(25)26/h2-7,12,20,22H,8-11,14H2,1H3. The molecule has 2 aromatic carbocycles. The minimum Gasteiger partial charge on any atom is -0.497 e. The Bertz CT molecular complexity index is 857. The normalized spacial score (nSPS) is 15.4. The molecule has 8 nitrogen and oxygen atoms in total. The van der Waals surface area contributed by atoms with Crippen molar-refractivity contribution in [3.05, 3.63) is 63.7 Å². The number of benzene rings is 2. The maximum atomic E-state index is 11.4. The van der Waals surface area contributed by atoms with Crippen LogP contribution in [0.1, 0.15) is 17.2 Å². The quantitative estimate of drug-likeness (QED) is 0.580. The van der Waals surface area contributed by atoms with Crippen LogP contribution < -0.4 is 10.1 Å². The van der Waals surface area contributed by atoms with Crippen LogP contribution in [0.2, 0.25) is 0 Å². The van der Waals surface area contributed by atoms with Gasteiger partial charge in [0.15, 0.2) is 0 Å². The van der Waals surface area contributed by atoms with Gasteiger partial charge in [0.1, 0.15) is 11.4 Å². The average molecular weight is 382 g/mol. The number of morpholine rings is 1. The molecule has 1 unspecified atom stereocenters. The number of ether oxygens (including phenoxy) is 2. The Morgan fingerprint density at radius 1 is 1.29 bits per heavy atom. The van der Waals surface area contributed by atoms with Gasteiger partial charge in [0.2, 0.25) is 0 Å². The Kier molecular flexibility index (Phi) is 6.42. The molecule has 1 aliphatic rings. The lowest BCUT2D eigenvalue weighted by Crippen LogP contribution is -2.41. The zero-order valence-electron chi connectivity index (χ0n) is 15.6. The fourth-order valence-electron chi connectivity index (χ4n) is 3.28. The van der Waals surface area contributed by atoms with Gasteiger partial charge in [0, 0.05) is 25.7 Å². The molecular weight excluding hydrogens is 360 g/mol. The van der Waals surface area contributed by atoms with E-state index in [2.05, 4.69) is 10.2 Å². The zero-order chi connectivity index (χ0) is 19.9. The van der Waals surface area contributed by atoms with E-state index in [4.69, 9.17) is 14.7 Å². The Hall–Kier alpha value is -3.15. The summed E-state index contributed by atoms with van der Waals surface area (Å²) in [4.78, 5) is 13.2. The zero-order valence-corrected chi connectivity index (χ0v) is 15.6. The predicted molar refractivity (Wildman–Crippen MR) is 104 cm³/mol. The van der Waals surface area contributed by atoms with Crippen LogP contribution >= 0.6 is 0 Å². The predicted octanol–water partition coefficient (Wildman–Crippen LogP) is 2.96. The van der Waals surface area contributed by atoms with Crippen LogP contribution in [0.4, 0.5) is 11.4 Å². The minimum atomic E-state index is -0.472. The highest BCUT2D eigenvalue weighted by Gasteiger charge is 2.24. The number of anilines is 1. The van der Waals surface area contributed by atoms with Gasteiger partial charge in [-0.1, -0.05) is 12.1 Å². The lowest BCUT2D eigenvalue weighted by molar-refractivity contribution is -0.384. The van der Waals surface area contributed by atoms with Crippen molar-refractivity contribution in [2.75, 3.05) is 45.3 Å². The summed E-state index contributed by atoms with van der Waals surface area (Å²) in [6.45, 7) is 3.37. The molecule has 0 radical (unpaired) electrons. The van der Waals surface area contributed by atoms with Crippen molar-refractivity contribution in [1.29, 1.82) is 5.26 Å². The summed E-state index contributed by atoms with van der Waals surface area (Å²) in [6.07, 6.45) is 0. The molecule has 8 heteroatoms. The number of nitrogens with zero attached hydrogens (tertiary/aromatic N) is 3. The van der Waals surface area contributed by atoms with Crippen molar-refractivity contribution in [2.24, 2.45) is 0 Å². The molecule has 0 spiro atoms. The van der Waals surface area contributed by atoms with Crippen molar-refractivity contribution in [2.45, 2.75) is 6.04 Å². The molecule has 1 fully saturated rings. The maximum Gasteiger partial charge on any atom is 0.293 e. The summed E-state index contributed by atoms with van der Waals surface area (Å²) in [5.41, 5.74) is 1.65. The molecule has 0 aliphatic carbocycles. The second-order valence-corrected chi connectivity index (χ2v) is 6.42. The van der Waals surface area contributed by atoms with Gasteiger partial charge in [0.25, 0.3) is 5.69 Å². The number of hydrogen-bond donors (Lipinski definition) is 1. The topological polar surface area (TPSA) is 101 Å². The first-order valence-corrected chi connectivity index (χ1v) is 9.00. The van der Waals surface area contributed by atoms with Crippen molar-refractivity contribution < 1.29 is 14.4 Å². The van der Waals surface area contributed by atoms with Gasteiger partial charge in [-0.3, -0.25) is 15.0 Å². The van der Waals surface area contributed by atoms with E-state index >= 15 is 0 Å². The molecule has 28 heavy (non-hydrogen) atoms. The molecule has 0 bridgehead atoms. The fourth-order valence-corrected chi connectivity index (χ4v) is 3.28. The van der Waals surface area contributed by atoms with Crippen LogP contribution in [0.25, 0.3) is 0 Å². The highest BCUT2D eigenvalue weighted by Crippen LogP contribution is 2.29. The SMILES string of the molecule is COc1ccc(C(CNc2ccc(C#N)cc2[N+](=O)[O-])N2CCOCC2)cc1. The smallest absolute Gasteiger partial charge is 0.293 e. The molecule has 1 heterocycles. The van der Waals surface area contributed by atoms with Crippen LogP contribution in [0, 0.1) is 21.4 Å². The highest BCUT2D eigenvalue weighted by atomic mass is 16.6. The van der Waals surface area contributed by atoms with Crippen LogP contribution in [0.15, 0.2) is 42.5 Å². The molecule has 146 valence electrons. The lowest BCUT2D eigenvalue weighted by atomic mass is 10.0. The van der Waals surface area contributed by atoms with Crippen LogP contribution in [-0.4, -0.2) is 49.8 Å². The van der Waals surface area contributed by atoms with E-state index in [0.717, 1.165) is 24.4 Å². The van der Waals surface area contributed by atoms with Crippen molar-refractivity contribution >= 4 is 11.4 Å². The third-order valence-corrected chi connectivity index (χ3v) is 4.80. The number of rotatable bonds is 7. The van der Waals surface area contributed by atoms with Gasteiger partial charge >= 0.3 is 0 Å². The Morgan fingerprint density at radius 3 is 2.61 bits per heavy atom. The second-order valence-electron chi connectivity index (χ2n) is 6.42. The Labute approximate surface area is 163 Å². The van der Waals surface area contributed by atoms with Crippen LogP contribution in [0.3, 0.4) is 0 Å². The highest BCUT2D eigenvalue weighted by molar-refractivity contribution is 5.64. The summed E-state index contributed by atoms with van der Waals surface area (Å²) in [6, 6.07) is 14.2. The molecule has 0 saturated carbocycles. The van der Waals surface area contributed by atoms with E-state index in [1.54, 1.807) is 19.2 Å². The summed E-state index contributed by atoms with van der Waals surface area (Å²) < 4.78 is 10.7. The largest absolute Gasteiger partial charge is 0.497 e. The van der Waals surface area contributed by atoms with Gasteiger partial charge < -0.3 is 14.8 Å². The van der Waals surface area contributed by atoms with Gasteiger partial charge in [-0.15, -0.1) is 0 Å². The van der Waals surface area contributed by atoms with Crippen LogP contribution in [-0.2, 0) is 4.74 Å². The van der Waals surface area contributed by atoms with Gasteiger partial charge in [-0.25, -0.2) is 0 Å². The Morgan fingerprint density at radius 2 is 2.00 bits per heavy atom. The summed E-state index contributed by atoms with van der Waals surface area (Å²) in [5.74, 6) is 0.778. The van der Waals surface area contributed by atoms with E-state index < -0.39 is 4.92 Å². The van der Waals surface area contributed by atoms with Crippen molar-refractivity contribution in [3.8, 4) is 11.8 Å². The number of hydrogen-bond acceptors (Lipinski definition) is 7. The van der Waals surface area contributed by atoms with E-state index in [-0.39, 0.29) is 17.3 Å². The molecule has 1 atom stereocenters. The van der Waals surface area contributed by atoms with E-state index in [1.165, 1.54) is 6.07 Å². The van der Waals surface area contributed by atoms with Gasteiger partial charge in [0.05, 0.1) is 42.9 Å². The molecule has 2 aromatic rings. The number of methoxy groups -OCH3 is 1.